The van der Waals surface area contributed by atoms with E-state index in [0.717, 1.165) is 6.42 Å². The standard InChI is InChI=1S/C13H23NO3/c1-9(2)8-11(13(16)17)14-12(15)7-6-10-4-3-5-10/h9-11H,3-8H2,1-2H3,(H,14,15)(H,16,17)/t11-/m1/s1. The average molecular weight is 241 g/mol. The summed E-state index contributed by atoms with van der Waals surface area (Å²) in [6, 6.07) is -0.733. The summed E-state index contributed by atoms with van der Waals surface area (Å²) in [5.74, 6) is -0.0993. The van der Waals surface area contributed by atoms with Crippen LogP contribution in [0.25, 0.3) is 0 Å². The van der Waals surface area contributed by atoms with Gasteiger partial charge in [0.05, 0.1) is 0 Å². The Hall–Kier alpha value is -1.06. The molecule has 0 aromatic heterocycles. The van der Waals surface area contributed by atoms with Crippen molar-refractivity contribution in [1.29, 1.82) is 0 Å². The summed E-state index contributed by atoms with van der Waals surface area (Å²) in [6.45, 7) is 3.91. The number of carbonyl (C=O) groups excluding carboxylic acids is 1. The van der Waals surface area contributed by atoms with E-state index in [0.29, 0.717) is 18.8 Å². The molecule has 98 valence electrons. The summed E-state index contributed by atoms with van der Waals surface area (Å²) in [5.41, 5.74) is 0. The fourth-order valence-corrected chi connectivity index (χ4v) is 2.08. The van der Waals surface area contributed by atoms with E-state index >= 15 is 0 Å². The molecule has 4 nitrogen and oxygen atoms in total. The maximum absolute atomic E-state index is 11.6. The summed E-state index contributed by atoms with van der Waals surface area (Å²) in [5, 5.41) is 11.6. The average Bonchev–Trinajstić information content (AvgIpc) is 2.13. The van der Waals surface area contributed by atoms with Gasteiger partial charge in [-0.2, -0.15) is 0 Å². The minimum absolute atomic E-state index is 0.120. The number of carbonyl (C=O) groups is 2. The first-order chi connectivity index (χ1) is 7.99. The first kappa shape index (κ1) is 14.0. The fraction of sp³-hybridized carbons (Fsp3) is 0.846. The minimum Gasteiger partial charge on any atom is -0.480 e. The number of amides is 1. The van der Waals surface area contributed by atoms with Gasteiger partial charge >= 0.3 is 5.97 Å². The molecule has 1 aliphatic carbocycles. The molecule has 1 fully saturated rings. The number of carboxylic acid groups (broad SMARTS) is 1. The topological polar surface area (TPSA) is 66.4 Å². The summed E-state index contributed by atoms with van der Waals surface area (Å²) in [4.78, 5) is 22.6. The molecule has 0 aliphatic heterocycles. The van der Waals surface area contributed by atoms with Crippen molar-refractivity contribution in [3.63, 3.8) is 0 Å². The second-order valence-electron chi connectivity index (χ2n) is 5.42. The van der Waals surface area contributed by atoms with Gasteiger partial charge < -0.3 is 10.4 Å². The fourth-order valence-electron chi connectivity index (χ4n) is 2.08. The third-order valence-electron chi connectivity index (χ3n) is 3.34. The van der Waals surface area contributed by atoms with Gasteiger partial charge in [-0.15, -0.1) is 0 Å². The molecule has 0 aromatic rings. The summed E-state index contributed by atoms with van der Waals surface area (Å²) in [6.07, 6.45) is 5.58. The first-order valence-corrected chi connectivity index (χ1v) is 6.51. The van der Waals surface area contributed by atoms with Gasteiger partial charge in [0, 0.05) is 6.42 Å². The molecule has 0 spiro atoms. The van der Waals surface area contributed by atoms with Crippen LogP contribution in [0.15, 0.2) is 0 Å². The molecule has 1 aliphatic rings. The van der Waals surface area contributed by atoms with E-state index in [1.165, 1.54) is 19.3 Å². The molecule has 0 unspecified atom stereocenters. The Bertz CT molecular complexity index is 272. The molecule has 1 atom stereocenters. The van der Waals surface area contributed by atoms with E-state index in [4.69, 9.17) is 5.11 Å². The monoisotopic (exact) mass is 241 g/mol. The van der Waals surface area contributed by atoms with Crippen molar-refractivity contribution in [3.05, 3.63) is 0 Å². The van der Waals surface area contributed by atoms with Crippen molar-refractivity contribution in [2.45, 2.75) is 58.4 Å². The van der Waals surface area contributed by atoms with E-state index in [1.807, 2.05) is 13.8 Å². The van der Waals surface area contributed by atoms with Crippen molar-refractivity contribution in [1.82, 2.24) is 5.32 Å². The SMILES string of the molecule is CC(C)C[C@@H](NC(=O)CCC1CCC1)C(=O)O. The van der Waals surface area contributed by atoms with Crippen LogP contribution in [-0.4, -0.2) is 23.0 Å². The molecule has 0 radical (unpaired) electrons. The Balaban J connectivity index is 2.27. The molecule has 0 aromatic carbocycles. The molecule has 1 rings (SSSR count). The van der Waals surface area contributed by atoms with E-state index in [9.17, 15) is 9.59 Å². The number of carboxylic acids is 1. The first-order valence-electron chi connectivity index (χ1n) is 6.51. The lowest BCUT2D eigenvalue weighted by molar-refractivity contribution is -0.142. The third-order valence-corrected chi connectivity index (χ3v) is 3.34. The Kier molecular flexibility index (Phi) is 5.45. The lowest BCUT2D eigenvalue weighted by atomic mass is 9.82. The van der Waals surface area contributed by atoms with Crippen LogP contribution in [-0.2, 0) is 9.59 Å². The van der Waals surface area contributed by atoms with Gasteiger partial charge in [-0.3, -0.25) is 4.79 Å². The van der Waals surface area contributed by atoms with Crippen LogP contribution < -0.4 is 5.32 Å². The van der Waals surface area contributed by atoms with E-state index in [2.05, 4.69) is 5.32 Å². The molecular weight excluding hydrogens is 218 g/mol. The maximum Gasteiger partial charge on any atom is 0.326 e. The Morgan fingerprint density at radius 1 is 1.35 bits per heavy atom. The van der Waals surface area contributed by atoms with Crippen molar-refractivity contribution in [2.75, 3.05) is 0 Å². The molecule has 17 heavy (non-hydrogen) atoms. The van der Waals surface area contributed by atoms with E-state index in [1.54, 1.807) is 0 Å². The van der Waals surface area contributed by atoms with Crippen LogP contribution in [0, 0.1) is 11.8 Å². The lowest BCUT2D eigenvalue weighted by Gasteiger charge is -2.25. The van der Waals surface area contributed by atoms with E-state index in [-0.39, 0.29) is 11.8 Å². The zero-order valence-electron chi connectivity index (χ0n) is 10.7. The van der Waals surface area contributed by atoms with Gasteiger partial charge in [0.25, 0.3) is 0 Å². The highest BCUT2D eigenvalue weighted by molar-refractivity contribution is 5.83. The molecule has 0 heterocycles. The van der Waals surface area contributed by atoms with Crippen molar-refractivity contribution < 1.29 is 14.7 Å². The molecular formula is C13H23NO3. The van der Waals surface area contributed by atoms with Crippen LogP contribution in [0.1, 0.15) is 52.4 Å². The lowest BCUT2D eigenvalue weighted by Crippen LogP contribution is -2.41. The number of hydrogen-bond acceptors (Lipinski definition) is 2. The van der Waals surface area contributed by atoms with Crippen molar-refractivity contribution in [2.24, 2.45) is 11.8 Å². The van der Waals surface area contributed by atoms with E-state index < -0.39 is 12.0 Å². The zero-order chi connectivity index (χ0) is 12.8. The van der Waals surface area contributed by atoms with Gasteiger partial charge in [-0.05, 0) is 24.7 Å². The predicted molar refractivity (Wildman–Crippen MR) is 65.6 cm³/mol. The molecule has 0 saturated heterocycles. The molecule has 0 bridgehead atoms. The highest BCUT2D eigenvalue weighted by Gasteiger charge is 2.22. The van der Waals surface area contributed by atoms with Gasteiger partial charge in [0.15, 0.2) is 0 Å². The molecule has 4 heteroatoms. The van der Waals surface area contributed by atoms with Gasteiger partial charge in [0.2, 0.25) is 5.91 Å². The maximum atomic E-state index is 11.6. The van der Waals surface area contributed by atoms with Crippen LogP contribution in [0.2, 0.25) is 0 Å². The Labute approximate surface area is 103 Å². The van der Waals surface area contributed by atoms with Crippen LogP contribution >= 0.6 is 0 Å². The normalized spacial score (nSPS) is 17.6. The summed E-state index contributed by atoms with van der Waals surface area (Å²) >= 11 is 0. The number of nitrogens with one attached hydrogen (secondary N) is 1. The van der Waals surface area contributed by atoms with Crippen LogP contribution in [0.3, 0.4) is 0 Å². The second-order valence-corrected chi connectivity index (χ2v) is 5.42. The van der Waals surface area contributed by atoms with Crippen LogP contribution in [0.4, 0.5) is 0 Å². The smallest absolute Gasteiger partial charge is 0.326 e. The quantitative estimate of drug-likeness (QED) is 0.718. The molecule has 2 N–H and O–H groups in total. The Morgan fingerprint density at radius 2 is 2.00 bits per heavy atom. The third kappa shape index (κ3) is 5.20. The highest BCUT2D eigenvalue weighted by atomic mass is 16.4. The summed E-state index contributed by atoms with van der Waals surface area (Å²) in [7, 11) is 0. The predicted octanol–water partition coefficient (Wildman–Crippen LogP) is 2.18. The zero-order valence-corrected chi connectivity index (χ0v) is 10.7. The Morgan fingerprint density at radius 3 is 2.41 bits per heavy atom. The van der Waals surface area contributed by atoms with Crippen LogP contribution in [0.5, 0.6) is 0 Å². The highest BCUT2D eigenvalue weighted by Crippen LogP contribution is 2.30. The number of aliphatic carboxylic acids is 1. The van der Waals surface area contributed by atoms with Crippen molar-refractivity contribution >= 4 is 11.9 Å². The van der Waals surface area contributed by atoms with Gasteiger partial charge in [-0.25, -0.2) is 4.79 Å². The largest absolute Gasteiger partial charge is 0.480 e. The van der Waals surface area contributed by atoms with Gasteiger partial charge in [-0.1, -0.05) is 33.1 Å². The molecule has 1 amide bonds. The second kappa shape index (κ2) is 6.62. The number of hydrogen-bond donors (Lipinski definition) is 2. The van der Waals surface area contributed by atoms with Gasteiger partial charge in [0.1, 0.15) is 6.04 Å². The molecule has 1 saturated carbocycles. The summed E-state index contributed by atoms with van der Waals surface area (Å²) < 4.78 is 0. The van der Waals surface area contributed by atoms with Crippen molar-refractivity contribution in [3.8, 4) is 0 Å². The minimum atomic E-state index is -0.935. The number of rotatable bonds is 7.